The van der Waals surface area contributed by atoms with Crippen LogP contribution < -0.4 is 4.74 Å². The van der Waals surface area contributed by atoms with Crippen LogP contribution in [-0.2, 0) is 4.74 Å². The lowest BCUT2D eigenvalue weighted by atomic mass is 9.95. The molecule has 35 heavy (non-hydrogen) atoms. The smallest absolute Gasteiger partial charge is 0.273 e. The fourth-order valence-corrected chi connectivity index (χ4v) is 4.45. The molecule has 1 aliphatic rings. The molecule has 0 bridgehead atoms. The van der Waals surface area contributed by atoms with Gasteiger partial charge in [-0.05, 0) is 62.6 Å². The molecule has 7 nitrogen and oxygen atoms in total. The van der Waals surface area contributed by atoms with Crippen LogP contribution in [-0.4, -0.2) is 52.0 Å². The molecule has 3 aromatic rings. The van der Waals surface area contributed by atoms with Gasteiger partial charge in [0, 0.05) is 29.3 Å². The number of carbonyl (C=O) groups is 1. The zero-order valence-electron chi connectivity index (χ0n) is 20.2. The molecule has 1 amide bonds. The Morgan fingerprint density at radius 2 is 2.03 bits per heavy atom. The highest BCUT2D eigenvalue weighted by molar-refractivity contribution is 6.31. The summed E-state index contributed by atoms with van der Waals surface area (Å²) >= 11 is 6.37. The summed E-state index contributed by atoms with van der Waals surface area (Å²) in [5.74, 6) is 0.632. The molecule has 1 aromatic heterocycles. The topological polar surface area (TPSA) is 87.7 Å². The average molecular weight is 496 g/mol. The van der Waals surface area contributed by atoms with E-state index >= 15 is 0 Å². The molecule has 8 heteroatoms. The second-order valence-corrected chi connectivity index (χ2v) is 9.23. The van der Waals surface area contributed by atoms with Crippen LogP contribution in [0.5, 0.6) is 11.5 Å². The number of rotatable bonds is 10. The average Bonchev–Trinajstić information content (AvgIpc) is 3.37. The fourth-order valence-electron chi connectivity index (χ4n) is 4.29. The Morgan fingerprint density at radius 3 is 2.71 bits per heavy atom. The van der Waals surface area contributed by atoms with Gasteiger partial charge in [-0.2, -0.15) is 5.10 Å². The van der Waals surface area contributed by atoms with Crippen molar-refractivity contribution in [2.45, 2.75) is 39.3 Å². The maximum atomic E-state index is 13.5. The molecule has 1 aliphatic heterocycles. The summed E-state index contributed by atoms with van der Waals surface area (Å²) in [5, 5.41) is 18.6. The van der Waals surface area contributed by atoms with Crippen LogP contribution in [0, 0.1) is 6.92 Å². The fraction of sp³-hybridized carbons (Fsp3) is 0.333. The van der Waals surface area contributed by atoms with Crippen molar-refractivity contribution in [2.75, 3.05) is 19.8 Å². The van der Waals surface area contributed by atoms with Gasteiger partial charge in [-0.25, -0.2) is 0 Å². The van der Waals surface area contributed by atoms with E-state index in [0.717, 1.165) is 16.7 Å². The summed E-state index contributed by atoms with van der Waals surface area (Å²) in [6.45, 7) is 10.9. The number of aromatic nitrogens is 2. The van der Waals surface area contributed by atoms with E-state index in [9.17, 15) is 9.90 Å². The molecule has 1 atom stereocenters. The summed E-state index contributed by atoms with van der Waals surface area (Å²) in [5.41, 5.74) is 3.79. The van der Waals surface area contributed by atoms with Gasteiger partial charge < -0.3 is 19.5 Å². The number of nitrogens with one attached hydrogen (secondary N) is 1. The quantitative estimate of drug-likeness (QED) is 0.279. The van der Waals surface area contributed by atoms with Crippen molar-refractivity contribution in [3.05, 3.63) is 76.5 Å². The van der Waals surface area contributed by atoms with E-state index in [2.05, 4.69) is 16.8 Å². The van der Waals surface area contributed by atoms with E-state index in [-0.39, 0.29) is 17.8 Å². The third kappa shape index (κ3) is 5.06. The number of aromatic amines is 1. The Labute approximate surface area is 210 Å². The molecule has 2 heterocycles. The lowest BCUT2D eigenvalue weighted by Crippen LogP contribution is -2.31. The minimum absolute atomic E-state index is 0.0596. The Bertz CT molecular complexity index is 1220. The molecular formula is C27H30ClN3O4. The van der Waals surface area contributed by atoms with Crippen molar-refractivity contribution < 1.29 is 19.4 Å². The van der Waals surface area contributed by atoms with Gasteiger partial charge in [0.2, 0.25) is 0 Å². The summed E-state index contributed by atoms with van der Waals surface area (Å²) < 4.78 is 11.3. The van der Waals surface area contributed by atoms with E-state index in [1.807, 2.05) is 49.9 Å². The molecule has 184 valence electrons. The summed E-state index contributed by atoms with van der Waals surface area (Å²) in [6, 6.07) is 10.6. The van der Waals surface area contributed by atoms with Gasteiger partial charge in [0.25, 0.3) is 5.91 Å². The number of ether oxygens (including phenoxy) is 2. The van der Waals surface area contributed by atoms with E-state index in [1.165, 1.54) is 0 Å². The second-order valence-electron chi connectivity index (χ2n) is 8.82. The van der Waals surface area contributed by atoms with Crippen LogP contribution in [0.2, 0.25) is 5.02 Å². The number of aryl methyl sites for hydroxylation is 1. The van der Waals surface area contributed by atoms with Gasteiger partial charge in [0.15, 0.2) is 0 Å². The largest absolute Gasteiger partial charge is 0.507 e. The second kappa shape index (κ2) is 10.5. The van der Waals surface area contributed by atoms with Crippen molar-refractivity contribution in [2.24, 2.45) is 0 Å². The number of nitrogens with zero attached hydrogens (tertiary/aromatic N) is 2. The molecular weight excluding hydrogens is 466 g/mol. The number of hydrogen-bond acceptors (Lipinski definition) is 5. The van der Waals surface area contributed by atoms with Crippen LogP contribution in [0.15, 0.2) is 49.1 Å². The number of fused-ring (bicyclic) bond motifs is 1. The standard InChI is InChI=1S/C27H30ClN3O4/c1-5-12-35-19-9-7-18(8-10-19)26-23-24(20-15-21(28)17(4)14-22(20)32)29-30-25(23)27(33)31(26)11-6-13-34-16(2)3/h5,7-10,14-16,26,32H,1,6,11-13H2,2-4H3,(H,29,30). The first kappa shape index (κ1) is 24.8. The molecule has 0 radical (unpaired) electrons. The third-order valence-corrected chi connectivity index (χ3v) is 6.36. The molecule has 4 rings (SSSR count). The van der Waals surface area contributed by atoms with Crippen molar-refractivity contribution in [1.82, 2.24) is 15.1 Å². The highest BCUT2D eigenvalue weighted by atomic mass is 35.5. The van der Waals surface area contributed by atoms with Crippen LogP contribution in [0.25, 0.3) is 11.3 Å². The van der Waals surface area contributed by atoms with Crippen LogP contribution in [0.3, 0.4) is 0 Å². The van der Waals surface area contributed by atoms with Gasteiger partial charge in [-0.1, -0.05) is 36.4 Å². The van der Waals surface area contributed by atoms with Crippen molar-refractivity contribution >= 4 is 17.5 Å². The summed E-state index contributed by atoms with van der Waals surface area (Å²) in [4.78, 5) is 15.3. The number of amides is 1. The predicted octanol–water partition coefficient (Wildman–Crippen LogP) is 5.67. The van der Waals surface area contributed by atoms with Gasteiger partial charge in [0.1, 0.15) is 29.5 Å². The maximum absolute atomic E-state index is 13.5. The third-order valence-electron chi connectivity index (χ3n) is 5.95. The Hall–Kier alpha value is -3.29. The van der Waals surface area contributed by atoms with Crippen LogP contribution >= 0.6 is 11.6 Å². The van der Waals surface area contributed by atoms with Gasteiger partial charge in [-0.3, -0.25) is 9.89 Å². The maximum Gasteiger partial charge on any atom is 0.273 e. The van der Waals surface area contributed by atoms with E-state index < -0.39 is 6.04 Å². The zero-order valence-corrected chi connectivity index (χ0v) is 20.9. The molecule has 0 saturated heterocycles. The number of carbonyl (C=O) groups excluding carboxylic acids is 1. The number of aromatic hydroxyl groups is 1. The first-order chi connectivity index (χ1) is 16.8. The molecule has 0 spiro atoms. The lowest BCUT2D eigenvalue weighted by molar-refractivity contribution is 0.0601. The number of H-pyrrole nitrogens is 1. The summed E-state index contributed by atoms with van der Waals surface area (Å²) in [6.07, 6.45) is 2.50. The van der Waals surface area contributed by atoms with E-state index in [1.54, 1.807) is 18.2 Å². The molecule has 2 N–H and O–H groups in total. The van der Waals surface area contributed by atoms with E-state index in [4.69, 9.17) is 21.1 Å². The molecule has 0 aliphatic carbocycles. The minimum Gasteiger partial charge on any atom is -0.507 e. The van der Waals surface area contributed by atoms with E-state index in [0.29, 0.717) is 53.9 Å². The van der Waals surface area contributed by atoms with Crippen molar-refractivity contribution in [3.63, 3.8) is 0 Å². The molecule has 2 aromatic carbocycles. The number of benzene rings is 2. The lowest BCUT2D eigenvalue weighted by Gasteiger charge is -2.27. The van der Waals surface area contributed by atoms with Gasteiger partial charge in [-0.15, -0.1) is 0 Å². The first-order valence-corrected chi connectivity index (χ1v) is 12.0. The van der Waals surface area contributed by atoms with Crippen LogP contribution in [0.1, 0.15) is 53.5 Å². The first-order valence-electron chi connectivity index (χ1n) is 11.7. The molecule has 0 saturated carbocycles. The Kier molecular flexibility index (Phi) is 7.48. The van der Waals surface area contributed by atoms with Crippen molar-refractivity contribution in [3.8, 4) is 22.8 Å². The minimum atomic E-state index is -0.391. The SMILES string of the molecule is C=CCOc1ccc(C2c3c(-c4cc(Cl)c(C)cc4O)n[nH]c3C(=O)N2CCCOC(C)C)cc1. The number of halogens is 1. The zero-order chi connectivity index (χ0) is 25.1. The number of phenols is 1. The normalized spacial score (nSPS) is 15.1. The van der Waals surface area contributed by atoms with Crippen molar-refractivity contribution in [1.29, 1.82) is 0 Å². The monoisotopic (exact) mass is 495 g/mol. The van der Waals surface area contributed by atoms with Gasteiger partial charge >= 0.3 is 0 Å². The van der Waals surface area contributed by atoms with Crippen LogP contribution in [0.4, 0.5) is 0 Å². The highest BCUT2D eigenvalue weighted by Crippen LogP contribution is 2.45. The van der Waals surface area contributed by atoms with Gasteiger partial charge in [0.05, 0.1) is 12.1 Å². The molecule has 0 fully saturated rings. The summed E-state index contributed by atoms with van der Waals surface area (Å²) in [7, 11) is 0. The predicted molar refractivity (Wildman–Crippen MR) is 136 cm³/mol. The Morgan fingerprint density at radius 1 is 1.29 bits per heavy atom. The molecule has 1 unspecified atom stereocenters. The Balaban J connectivity index is 1.75. The highest BCUT2D eigenvalue weighted by Gasteiger charge is 2.42. The number of hydrogen-bond donors (Lipinski definition) is 2. The number of phenolic OH excluding ortho intramolecular Hbond substituents is 1.